The molecule has 0 unspecified atom stereocenters. The lowest BCUT2D eigenvalue weighted by Gasteiger charge is -2.15. The van der Waals surface area contributed by atoms with Gasteiger partial charge in [-0.3, -0.25) is 14.4 Å². The van der Waals surface area contributed by atoms with Crippen LogP contribution in [0, 0.1) is 0 Å². The quantitative estimate of drug-likeness (QED) is 0.288. The third-order valence-corrected chi connectivity index (χ3v) is 4.20. The number of benzene rings is 2. The summed E-state index contributed by atoms with van der Waals surface area (Å²) in [5, 5.41) is 1.40. The Hall–Kier alpha value is -2.95. The van der Waals surface area contributed by atoms with Crippen LogP contribution in [0.4, 0.5) is 0 Å². The van der Waals surface area contributed by atoms with Crippen molar-refractivity contribution in [1.29, 1.82) is 0 Å². The molecule has 25 heavy (non-hydrogen) atoms. The van der Waals surface area contributed by atoms with Crippen LogP contribution in [0.3, 0.4) is 0 Å². The van der Waals surface area contributed by atoms with Gasteiger partial charge in [-0.1, -0.05) is 24.3 Å². The van der Waals surface area contributed by atoms with E-state index in [1.807, 2.05) is 48.5 Å². The number of carbonyl (C=O) groups is 2. The largest absolute Gasteiger partial charge is 0.458 e. The van der Waals surface area contributed by atoms with Gasteiger partial charge in [0.1, 0.15) is 6.61 Å². The van der Waals surface area contributed by atoms with Crippen molar-refractivity contribution in [2.24, 2.45) is 0 Å². The van der Waals surface area contributed by atoms with E-state index in [-0.39, 0.29) is 24.4 Å². The predicted octanol–water partition coefficient (Wildman–Crippen LogP) is 3.07. The number of esters is 1. The molecule has 0 bridgehead atoms. The second-order valence-electron chi connectivity index (χ2n) is 5.82. The number of rotatable bonds is 7. The van der Waals surface area contributed by atoms with E-state index in [9.17, 15) is 14.4 Å². The van der Waals surface area contributed by atoms with Gasteiger partial charge in [-0.2, -0.15) is 0 Å². The van der Waals surface area contributed by atoms with Crippen LogP contribution in [0.15, 0.2) is 53.3 Å². The molecule has 3 aromatic rings. The fraction of sp³-hybridized carbons (Fsp3) is 0.250. The molecular weight excluding hydrogens is 318 g/mol. The Morgan fingerprint density at radius 3 is 2.16 bits per heavy atom. The SMILES string of the molecule is O=CCOC(=O)CCCCn1c2ccccc2c(=O)c2ccccc21. The molecule has 2 aromatic carbocycles. The zero-order valence-corrected chi connectivity index (χ0v) is 13.8. The number of fused-ring (bicyclic) bond motifs is 2. The maximum Gasteiger partial charge on any atom is 0.306 e. The summed E-state index contributed by atoms with van der Waals surface area (Å²) in [6.45, 7) is 0.510. The molecule has 0 saturated carbocycles. The first-order chi connectivity index (χ1) is 12.2. The molecule has 5 heteroatoms. The number of ether oxygens (including phenoxy) is 1. The number of hydrogen-bond acceptors (Lipinski definition) is 4. The molecular formula is C20H19NO4. The van der Waals surface area contributed by atoms with Crippen molar-refractivity contribution in [2.75, 3.05) is 6.61 Å². The summed E-state index contributed by atoms with van der Waals surface area (Å²) in [5.74, 6) is -0.360. The average molecular weight is 337 g/mol. The molecule has 0 aliphatic carbocycles. The van der Waals surface area contributed by atoms with Gasteiger partial charge < -0.3 is 9.30 Å². The van der Waals surface area contributed by atoms with Crippen LogP contribution in [0.25, 0.3) is 21.8 Å². The maximum atomic E-state index is 12.7. The Bertz CT molecular complexity index is 914. The molecule has 0 N–H and O–H groups in total. The highest BCUT2D eigenvalue weighted by Crippen LogP contribution is 2.20. The summed E-state index contributed by atoms with van der Waals surface area (Å²) in [7, 11) is 0. The van der Waals surface area contributed by atoms with E-state index in [1.54, 1.807) is 0 Å². The predicted molar refractivity (Wildman–Crippen MR) is 96.6 cm³/mol. The molecule has 1 heterocycles. The standard InChI is InChI=1S/C20H19NO4/c22-13-14-25-19(23)11-5-6-12-21-17-9-3-1-7-15(17)20(24)16-8-2-4-10-18(16)21/h1-4,7-10,13H,5-6,11-12,14H2. The molecule has 0 amide bonds. The Morgan fingerprint density at radius 2 is 1.56 bits per heavy atom. The lowest BCUT2D eigenvalue weighted by atomic mass is 10.1. The van der Waals surface area contributed by atoms with Crippen molar-refractivity contribution in [1.82, 2.24) is 4.57 Å². The van der Waals surface area contributed by atoms with Gasteiger partial charge in [0.05, 0.1) is 11.0 Å². The topological polar surface area (TPSA) is 65.4 Å². The number of carbonyl (C=O) groups excluding carboxylic acids is 2. The Morgan fingerprint density at radius 1 is 0.960 bits per heavy atom. The normalized spacial score (nSPS) is 10.9. The maximum absolute atomic E-state index is 12.7. The van der Waals surface area contributed by atoms with Gasteiger partial charge in [0.25, 0.3) is 0 Å². The van der Waals surface area contributed by atoms with Gasteiger partial charge in [-0.25, -0.2) is 0 Å². The van der Waals surface area contributed by atoms with Crippen molar-refractivity contribution >= 4 is 34.1 Å². The molecule has 0 spiro atoms. The number of hydrogen-bond donors (Lipinski definition) is 0. The number of para-hydroxylation sites is 2. The fourth-order valence-corrected chi connectivity index (χ4v) is 3.06. The summed E-state index contributed by atoms with van der Waals surface area (Å²) in [6.07, 6.45) is 2.28. The number of aromatic nitrogens is 1. The van der Waals surface area contributed by atoms with E-state index >= 15 is 0 Å². The number of aldehydes is 1. The smallest absolute Gasteiger partial charge is 0.306 e. The second kappa shape index (κ2) is 7.75. The number of nitrogens with zero attached hydrogens (tertiary/aromatic N) is 1. The van der Waals surface area contributed by atoms with Crippen molar-refractivity contribution in [3.05, 3.63) is 58.8 Å². The third kappa shape index (κ3) is 3.60. The van der Waals surface area contributed by atoms with E-state index in [2.05, 4.69) is 4.57 Å². The van der Waals surface area contributed by atoms with Crippen molar-refractivity contribution in [2.45, 2.75) is 25.8 Å². The molecule has 3 rings (SSSR count). The minimum absolute atomic E-state index is 0.0416. The molecule has 1 aromatic heterocycles. The van der Waals surface area contributed by atoms with E-state index < -0.39 is 0 Å². The van der Waals surface area contributed by atoms with E-state index in [1.165, 1.54) is 0 Å². The van der Waals surface area contributed by atoms with E-state index in [0.717, 1.165) is 17.5 Å². The molecule has 0 saturated heterocycles. The fourth-order valence-electron chi connectivity index (χ4n) is 3.06. The minimum Gasteiger partial charge on any atom is -0.458 e. The number of pyridine rings is 1. The number of unbranched alkanes of at least 4 members (excludes halogenated alkanes) is 1. The van der Waals surface area contributed by atoms with Crippen molar-refractivity contribution in [3.8, 4) is 0 Å². The molecule has 0 aliphatic heterocycles. The summed E-state index contributed by atoms with van der Waals surface area (Å²) < 4.78 is 6.87. The Labute approximate surface area is 144 Å². The highest BCUT2D eigenvalue weighted by Gasteiger charge is 2.10. The zero-order chi connectivity index (χ0) is 17.6. The van der Waals surface area contributed by atoms with Crippen LogP contribution in [0.1, 0.15) is 19.3 Å². The van der Waals surface area contributed by atoms with Gasteiger partial charge in [0.2, 0.25) is 0 Å². The minimum atomic E-state index is -0.360. The lowest BCUT2D eigenvalue weighted by Crippen LogP contribution is -2.12. The average Bonchev–Trinajstić information content (AvgIpc) is 2.65. The summed E-state index contributed by atoms with van der Waals surface area (Å²) in [5.41, 5.74) is 1.84. The Kier molecular flexibility index (Phi) is 5.23. The Balaban J connectivity index is 1.85. The highest BCUT2D eigenvalue weighted by atomic mass is 16.5. The van der Waals surface area contributed by atoms with Gasteiger partial charge >= 0.3 is 5.97 Å². The van der Waals surface area contributed by atoms with Gasteiger partial charge in [0, 0.05) is 23.7 Å². The van der Waals surface area contributed by atoms with Crippen molar-refractivity contribution < 1.29 is 14.3 Å². The van der Waals surface area contributed by atoms with Gasteiger partial charge in [0.15, 0.2) is 11.7 Å². The summed E-state index contributed by atoms with van der Waals surface area (Å²) in [6, 6.07) is 15.2. The third-order valence-electron chi connectivity index (χ3n) is 4.20. The molecule has 0 atom stereocenters. The molecule has 0 radical (unpaired) electrons. The first-order valence-electron chi connectivity index (χ1n) is 8.32. The number of aryl methyl sites for hydroxylation is 1. The summed E-state index contributed by atoms with van der Waals surface area (Å²) in [4.78, 5) is 34.3. The zero-order valence-electron chi connectivity index (χ0n) is 13.8. The van der Waals surface area contributed by atoms with Crippen LogP contribution >= 0.6 is 0 Å². The monoisotopic (exact) mass is 337 g/mol. The molecule has 0 aliphatic rings. The van der Waals surface area contributed by atoms with Gasteiger partial charge in [-0.05, 0) is 37.1 Å². The summed E-state index contributed by atoms with van der Waals surface area (Å²) >= 11 is 0. The molecule has 128 valence electrons. The molecule has 0 fully saturated rings. The van der Waals surface area contributed by atoms with Crippen molar-refractivity contribution in [3.63, 3.8) is 0 Å². The van der Waals surface area contributed by atoms with Crippen LogP contribution in [0.5, 0.6) is 0 Å². The van der Waals surface area contributed by atoms with Crippen LogP contribution in [-0.4, -0.2) is 23.4 Å². The highest BCUT2D eigenvalue weighted by molar-refractivity contribution is 5.93. The van der Waals surface area contributed by atoms with Gasteiger partial charge in [-0.15, -0.1) is 0 Å². The van der Waals surface area contributed by atoms with E-state index in [0.29, 0.717) is 30.0 Å². The van der Waals surface area contributed by atoms with Crippen LogP contribution in [-0.2, 0) is 20.9 Å². The van der Waals surface area contributed by atoms with Crippen LogP contribution < -0.4 is 5.43 Å². The lowest BCUT2D eigenvalue weighted by molar-refractivity contribution is -0.145. The second-order valence-corrected chi connectivity index (χ2v) is 5.82. The first-order valence-corrected chi connectivity index (χ1v) is 8.32. The first kappa shape index (κ1) is 16.9. The van der Waals surface area contributed by atoms with Crippen LogP contribution in [0.2, 0.25) is 0 Å². The molecule has 5 nitrogen and oxygen atoms in total. The van der Waals surface area contributed by atoms with E-state index in [4.69, 9.17) is 4.74 Å².